The van der Waals surface area contributed by atoms with Crippen molar-refractivity contribution in [2.45, 2.75) is 44.7 Å². The molecule has 0 spiro atoms. The van der Waals surface area contributed by atoms with Crippen LogP contribution in [0.5, 0.6) is 0 Å². The molecule has 0 radical (unpaired) electrons. The number of carbonyl (C=O) groups is 1. The minimum absolute atomic E-state index is 0.306. The van der Waals surface area contributed by atoms with Gasteiger partial charge in [-0.15, -0.1) is 0 Å². The van der Waals surface area contributed by atoms with E-state index in [1.165, 1.54) is 11.1 Å². The van der Waals surface area contributed by atoms with Gasteiger partial charge in [0.2, 0.25) is 5.91 Å². The van der Waals surface area contributed by atoms with Gasteiger partial charge in [-0.3, -0.25) is 9.78 Å². The zero-order valence-electron chi connectivity index (χ0n) is 14.9. The molecular weight excluding hydrogens is 310 g/mol. The minimum Gasteiger partial charge on any atom is -0.339 e. The lowest BCUT2D eigenvalue weighted by Gasteiger charge is -2.28. The van der Waals surface area contributed by atoms with Crippen molar-refractivity contribution in [3.05, 3.63) is 66.0 Å². The minimum atomic E-state index is 0.306. The molecule has 1 aliphatic rings. The van der Waals surface area contributed by atoms with Gasteiger partial charge in [-0.05, 0) is 42.5 Å². The highest BCUT2D eigenvalue weighted by atomic mass is 16.2. The van der Waals surface area contributed by atoms with Gasteiger partial charge >= 0.3 is 0 Å². The standard InChI is InChI=1S/C21H27N3O/c1-17(19-7-3-2-4-8-19)16-24-20(9-10-21(24)25)11-13-23-15-18-6-5-12-22-14-18/h2-8,12,14,17,20,23H,9-11,13,15-16H2,1H3. The second-order valence-corrected chi connectivity index (χ2v) is 6.88. The van der Waals surface area contributed by atoms with E-state index in [9.17, 15) is 4.79 Å². The van der Waals surface area contributed by atoms with Gasteiger partial charge in [-0.1, -0.05) is 43.3 Å². The Labute approximate surface area is 150 Å². The van der Waals surface area contributed by atoms with E-state index >= 15 is 0 Å². The van der Waals surface area contributed by atoms with E-state index in [0.29, 0.717) is 24.3 Å². The van der Waals surface area contributed by atoms with Crippen molar-refractivity contribution in [1.29, 1.82) is 0 Å². The SMILES string of the molecule is CC(CN1C(=O)CCC1CCNCc1cccnc1)c1ccccc1. The molecule has 0 saturated carbocycles. The Morgan fingerprint density at radius 3 is 2.84 bits per heavy atom. The van der Waals surface area contributed by atoms with Crippen LogP contribution in [0.15, 0.2) is 54.9 Å². The third-order valence-corrected chi connectivity index (χ3v) is 5.00. The fourth-order valence-corrected chi connectivity index (χ4v) is 3.53. The first-order valence-corrected chi connectivity index (χ1v) is 9.18. The number of aromatic nitrogens is 1. The number of benzene rings is 1. The molecule has 25 heavy (non-hydrogen) atoms. The Hall–Kier alpha value is -2.20. The molecule has 1 aromatic heterocycles. The Bertz CT molecular complexity index is 659. The number of nitrogens with one attached hydrogen (secondary N) is 1. The van der Waals surface area contributed by atoms with Crippen molar-refractivity contribution in [2.75, 3.05) is 13.1 Å². The molecule has 1 aromatic carbocycles. The van der Waals surface area contributed by atoms with Crippen LogP contribution in [0.4, 0.5) is 0 Å². The monoisotopic (exact) mass is 337 g/mol. The van der Waals surface area contributed by atoms with Crippen LogP contribution < -0.4 is 5.32 Å². The number of hydrogen-bond donors (Lipinski definition) is 1. The summed E-state index contributed by atoms with van der Waals surface area (Å²) in [6, 6.07) is 14.9. The summed E-state index contributed by atoms with van der Waals surface area (Å²) in [5.74, 6) is 0.675. The molecule has 4 nitrogen and oxygen atoms in total. The molecule has 1 fully saturated rings. The topological polar surface area (TPSA) is 45.2 Å². The zero-order chi connectivity index (χ0) is 17.5. The van der Waals surface area contributed by atoms with E-state index < -0.39 is 0 Å². The lowest BCUT2D eigenvalue weighted by atomic mass is 10.00. The van der Waals surface area contributed by atoms with E-state index in [4.69, 9.17) is 0 Å². The first-order chi connectivity index (χ1) is 12.2. The molecule has 1 saturated heterocycles. The van der Waals surface area contributed by atoms with Gasteiger partial charge in [0.05, 0.1) is 0 Å². The number of amides is 1. The third-order valence-electron chi connectivity index (χ3n) is 5.00. The number of rotatable bonds is 8. The van der Waals surface area contributed by atoms with Crippen LogP contribution in [0.2, 0.25) is 0 Å². The van der Waals surface area contributed by atoms with Crippen molar-refractivity contribution in [3.8, 4) is 0 Å². The Morgan fingerprint density at radius 1 is 1.24 bits per heavy atom. The summed E-state index contributed by atoms with van der Waals surface area (Å²) in [7, 11) is 0. The summed E-state index contributed by atoms with van der Waals surface area (Å²) >= 11 is 0. The van der Waals surface area contributed by atoms with Crippen LogP contribution >= 0.6 is 0 Å². The summed E-state index contributed by atoms with van der Waals surface area (Å²) in [6.45, 7) is 4.77. The maximum Gasteiger partial charge on any atom is 0.222 e. The molecule has 4 heteroatoms. The van der Waals surface area contributed by atoms with Crippen molar-refractivity contribution < 1.29 is 4.79 Å². The molecule has 2 unspecified atom stereocenters. The quantitative estimate of drug-likeness (QED) is 0.751. The summed E-state index contributed by atoms with van der Waals surface area (Å²) in [6.07, 6.45) is 6.36. The highest BCUT2D eigenvalue weighted by Gasteiger charge is 2.31. The molecule has 1 amide bonds. The first-order valence-electron chi connectivity index (χ1n) is 9.18. The maximum atomic E-state index is 12.3. The molecule has 2 heterocycles. The molecule has 0 bridgehead atoms. The highest BCUT2D eigenvalue weighted by molar-refractivity contribution is 5.78. The van der Waals surface area contributed by atoms with E-state index in [0.717, 1.165) is 32.5 Å². The smallest absolute Gasteiger partial charge is 0.222 e. The number of pyridine rings is 1. The second-order valence-electron chi connectivity index (χ2n) is 6.88. The van der Waals surface area contributed by atoms with Gasteiger partial charge in [0.1, 0.15) is 0 Å². The number of likely N-dealkylation sites (tertiary alicyclic amines) is 1. The van der Waals surface area contributed by atoms with Crippen LogP contribution in [-0.2, 0) is 11.3 Å². The average Bonchev–Trinajstić information content (AvgIpc) is 3.00. The summed E-state index contributed by atoms with van der Waals surface area (Å²) in [5, 5.41) is 3.47. The average molecular weight is 337 g/mol. The van der Waals surface area contributed by atoms with Gasteiger partial charge in [-0.25, -0.2) is 0 Å². The molecule has 3 rings (SSSR count). The maximum absolute atomic E-state index is 12.3. The van der Waals surface area contributed by atoms with E-state index in [-0.39, 0.29) is 0 Å². The number of hydrogen-bond acceptors (Lipinski definition) is 3. The fourth-order valence-electron chi connectivity index (χ4n) is 3.53. The van der Waals surface area contributed by atoms with Gasteiger partial charge in [0.15, 0.2) is 0 Å². The largest absolute Gasteiger partial charge is 0.339 e. The predicted octanol–water partition coefficient (Wildman–Crippen LogP) is 3.36. The predicted molar refractivity (Wildman–Crippen MR) is 100 cm³/mol. The van der Waals surface area contributed by atoms with Crippen LogP contribution in [0, 0.1) is 0 Å². The van der Waals surface area contributed by atoms with E-state index in [2.05, 4.69) is 52.5 Å². The molecule has 0 aliphatic carbocycles. The zero-order valence-corrected chi connectivity index (χ0v) is 14.9. The lowest BCUT2D eigenvalue weighted by molar-refractivity contribution is -0.129. The van der Waals surface area contributed by atoms with Crippen LogP contribution in [0.1, 0.15) is 43.2 Å². The molecular formula is C21H27N3O. The highest BCUT2D eigenvalue weighted by Crippen LogP contribution is 2.25. The van der Waals surface area contributed by atoms with Crippen molar-refractivity contribution in [3.63, 3.8) is 0 Å². The van der Waals surface area contributed by atoms with Gasteiger partial charge < -0.3 is 10.2 Å². The van der Waals surface area contributed by atoms with Gasteiger partial charge in [-0.2, -0.15) is 0 Å². The molecule has 2 atom stereocenters. The summed E-state index contributed by atoms with van der Waals surface area (Å²) in [5.41, 5.74) is 2.50. The normalized spacial score (nSPS) is 18.5. The molecule has 132 valence electrons. The van der Waals surface area contributed by atoms with Crippen LogP contribution in [0.25, 0.3) is 0 Å². The molecule has 1 N–H and O–H groups in total. The molecule has 2 aromatic rings. The summed E-state index contributed by atoms with van der Waals surface area (Å²) < 4.78 is 0. The Morgan fingerprint density at radius 2 is 2.08 bits per heavy atom. The van der Waals surface area contributed by atoms with Crippen molar-refractivity contribution in [1.82, 2.24) is 15.2 Å². The molecule has 1 aliphatic heterocycles. The number of nitrogens with zero attached hydrogens (tertiary/aromatic N) is 2. The van der Waals surface area contributed by atoms with Gasteiger partial charge in [0.25, 0.3) is 0 Å². The van der Waals surface area contributed by atoms with Crippen molar-refractivity contribution in [2.24, 2.45) is 0 Å². The summed E-state index contributed by atoms with van der Waals surface area (Å²) in [4.78, 5) is 18.5. The fraction of sp³-hybridized carbons (Fsp3) is 0.429. The Balaban J connectivity index is 1.48. The Kier molecular flexibility index (Phi) is 6.18. The third kappa shape index (κ3) is 4.89. The van der Waals surface area contributed by atoms with Crippen molar-refractivity contribution >= 4 is 5.91 Å². The van der Waals surface area contributed by atoms with Gasteiger partial charge in [0, 0.05) is 37.9 Å². The van der Waals surface area contributed by atoms with Crippen LogP contribution in [0.3, 0.4) is 0 Å². The lowest BCUT2D eigenvalue weighted by Crippen LogP contribution is -2.37. The van der Waals surface area contributed by atoms with E-state index in [1.807, 2.05) is 18.3 Å². The first kappa shape index (κ1) is 17.6. The second kappa shape index (κ2) is 8.77. The number of carbonyl (C=O) groups excluding carboxylic acids is 1. The van der Waals surface area contributed by atoms with Crippen LogP contribution in [-0.4, -0.2) is 34.9 Å². The van der Waals surface area contributed by atoms with E-state index in [1.54, 1.807) is 6.20 Å².